The normalized spacial score (nSPS) is 13.8. The summed E-state index contributed by atoms with van der Waals surface area (Å²) in [4.78, 5) is 40.4. The van der Waals surface area contributed by atoms with Crippen molar-refractivity contribution in [1.82, 2.24) is 15.2 Å². The number of hydrogen-bond donors (Lipinski definition) is 2. The van der Waals surface area contributed by atoms with Gasteiger partial charge in [-0.05, 0) is 24.1 Å². The number of carboxylic acids is 1. The van der Waals surface area contributed by atoms with Gasteiger partial charge in [0.05, 0.1) is 5.01 Å². The average molecular weight is 373 g/mol. The number of nitrogens with zero attached hydrogens (tertiary/aromatic N) is 2. The molecule has 0 spiro atoms. The number of aromatic carboxylic acids is 1. The predicted octanol–water partition coefficient (Wildman–Crippen LogP) is 1.94. The van der Waals surface area contributed by atoms with Crippen molar-refractivity contribution >= 4 is 29.1 Å². The summed E-state index contributed by atoms with van der Waals surface area (Å²) in [5.74, 6) is -1.06. The van der Waals surface area contributed by atoms with E-state index < -0.39 is 5.97 Å². The molecule has 0 saturated carbocycles. The van der Waals surface area contributed by atoms with Gasteiger partial charge in [-0.15, -0.1) is 11.3 Å². The monoisotopic (exact) mass is 373 g/mol. The van der Waals surface area contributed by atoms with E-state index in [1.807, 2.05) is 17.0 Å². The molecule has 2 N–H and O–H groups in total. The first-order valence-electron chi connectivity index (χ1n) is 8.35. The zero-order valence-electron chi connectivity index (χ0n) is 14.1. The zero-order chi connectivity index (χ0) is 18.5. The number of benzene rings is 1. The minimum Gasteiger partial charge on any atom is -0.476 e. The van der Waals surface area contributed by atoms with Crippen LogP contribution in [0.15, 0.2) is 29.6 Å². The Hall–Kier alpha value is -2.74. The summed E-state index contributed by atoms with van der Waals surface area (Å²) in [5.41, 5.74) is 1.58. The number of rotatable bonds is 7. The van der Waals surface area contributed by atoms with Crippen molar-refractivity contribution in [3.05, 3.63) is 51.5 Å². The molecule has 2 amide bonds. The molecular formula is C18H19N3O4S. The van der Waals surface area contributed by atoms with Gasteiger partial charge in [-0.3, -0.25) is 9.59 Å². The molecule has 1 aromatic carbocycles. The van der Waals surface area contributed by atoms with Crippen LogP contribution in [0.4, 0.5) is 0 Å². The lowest BCUT2D eigenvalue weighted by Gasteiger charge is -2.15. The Balaban J connectivity index is 1.48. The highest BCUT2D eigenvalue weighted by atomic mass is 32.1. The van der Waals surface area contributed by atoms with E-state index in [-0.39, 0.29) is 17.5 Å². The Morgan fingerprint density at radius 2 is 2.04 bits per heavy atom. The molecule has 3 rings (SSSR count). The molecule has 1 aliphatic heterocycles. The minimum atomic E-state index is -1.05. The van der Waals surface area contributed by atoms with Gasteiger partial charge in [-0.1, -0.05) is 12.1 Å². The van der Waals surface area contributed by atoms with Crippen LogP contribution in [0.5, 0.6) is 0 Å². The van der Waals surface area contributed by atoms with Crippen LogP contribution in [-0.4, -0.2) is 45.9 Å². The van der Waals surface area contributed by atoms with E-state index in [1.54, 1.807) is 12.1 Å². The van der Waals surface area contributed by atoms with Gasteiger partial charge in [0.25, 0.3) is 5.91 Å². The summed E-state index contributed by atoms with van der Waals surface area (Å²) in [5, 5.41) is 13.8. The van der Waals surface area contributed by atoms with Crippen LogP contribution >= 0.6 is 11.3 Å². The smallest absolute Gasteiger partial charge is 0.355 e. The van der Waals surface area contributed by atoms with Crippen molar-refractivity contribution in [2.24, 2.45) is 0 Å². The first-order valence-corrected chi connectivity index (χ1v) is 9.23. The van der Waals surface area contributed by atoms with Crippen molar-refractivity contribution in [2.45, 2.75) is 25.8 Å². The third-order valence-electron chi connectivity index (χ3n) is 4.16. The van der Waals surface area contributed by atoms with E-state index in [4.69, 9.17) is 5.11 Å². The second-order valence-electron chi connectivity index (χ2n) is 6.05. The fraction of sp³-hybridized carbons (Fsp3) is 0.333. The zero-order valence-corrected chi connectivity index (χ0v) is 14.9. The largest absolute Gasteiger partial charge is 0.476 e. The third-order valence-corrected chi connectivity index (χ3v) is 5.06. The number of hydrogen-bond acceptors (Lipinski definition) is 5. The summed E-state index contributed by atoms with van der Waals surface area (Å²) in [6, 6.07) is 7.22. The van der Waals surface area contributed by atoms with Gasteiger partial charge in [-0.2, -0.15) is 0 Å². The van der Waals surface area contributed by atoms with Crippen molar-refractivity contribution in [1.29, 1.82) is 0 Å². The average Bonchev–Trinajstić information content (AvgIpc) is 3.25. The SMILES string of the molecule is O=C(NCCc1nc(C(=O)O)cs1)c1ccc(CN2CCCC2=O)cc1. The number of aromatic nitrogens is 1. The summed E-state index contributed by atoms with van der Waals surface area (Å²) in [7, 11) is 0. The molecule has 0 atom stereocenters. The molecule has 136 valence electrons. The summed E-state index contributed by atoms with van der Waals surface area (Å²) in [6.07, 6.45) is 2.01. The van der Waals surface area contributed by atoms with Crippen molar-refractivity contribution in [3.63, 3.8) is 0 Å². The van der Waals surface area contributed by atoms with Crippen LogP contribution in [-0.2, 0) is 17.8 Å². The van der Waals surface area contributed by atoms with Gasteiger partial charge in [0.2, 0.25) is 5.91 Å². The predicted molar refractivity (Wildman–Crippen MR) is 96.2 cm³/mol. The van der Waals surface area contributed by atoms with Gasteiger partial charge >= 0.3 is 5.97 Å². The van der Waals surface area contributed by atoms with Crippen LogP contribution in [0, 0.1) is 0 Å². The summed E-state index contributed by atoms with van der Waals surface area (Å²) in [6.45, 7) is 1.76. The Labute approximate surface area is 154 Å². The van der Waals surface area contributed by atoms with E-state index >= 15 is 0 Å². The first-order chi connectivity index (χ1) is 12.5. The lowest BCUT2D eigenvalue weighted by atomic mass is 10.1. The maximum absolute atomic E-state index is 12.2. The fourth-order valence-corrected chi connectivity index (χ4v) is 3.53. The standard InChI is InChI=1S/C18H19N3O4S/c22-16-2-1-9-21(16)10-12-3-5-13(6-4-12)17(23)19-8-7-15-20-14(11-26-15)18(24)25/h3-6,11H,1-2,7-10H2,(H,19,23)(H,24,25). The van der Waals surface area contributed by atoms with E-state index in [0.29, 0.717) is 36.5 Å². The van der Waals surface area contributed by atoms with Crippen LogP contribution in [0.3, 0.4) is 0 Å². The molecule has 0 unspecified atom stereocenters. The van der Waals surface area contributed by atoms with Crippen LogP contribution in [0.1, 0.15) is 44.3 Å². The molecule has 0 radical (unpaired) electrons. The van der Waals surface area contributed by atoms with E-state index in [0.717, 1.165) is 18.5 Å². The Morgan fingerprint density at radius 1 is 1.27 bits per heavy atom. The number of likely N-dealkylation sites (tertiary alicyclic amines) is 1. The van der Waals surface area contributed by atoms with E-state index in [1.165, 1.54) is 16.7 Å². The Bertz CT molecular complexity index is 816. The van der Waals surface area contributed by atoms with Gasteiger partial charge in [-0.25, -0.2) is 9.78 Å². The molecule has 0 bridgehead atoms. The highest BCUT2D eigenvalue weighted by molar-refractivity contribution is 7.09. The minimum absolute atomic E-state index is 0.0309. The molecule has 1 fully saturated rings. The van der Waals surface area contributed by atoms with Crippen molar-refractivity contribution in [2.75, 3.05) is 13.1 Å². The molecule has 26 heavy (non-hydrogen) atoms. The van der Waals surface area contributed by atoms with Crippen LogP contribution in [0.2, 0.25) is 0 Å². The molecule has 1 aliphatic rings. The molecule has 1 aromatic heterocycles. The Kier molecular flexibility index (Phi) is 5.62. The van der Waals surface area contributed by atoms with Gasteiger partial charge in [0, 0.05) is 43.4 Å². The molecule has 2 aromatic rings. The maximum Gasteiger partial charge on any atom is 0.355 e. The van der Waals surface area contributed by atoms with E-state index in [2.05, 4.69) is 10.3 Å². The van der Waals surface area contributed by atoms with Gasteiger partial charge in [0.1, 0.15) is 0 Å². The van der Waals surface area contributed by atoms with Crippen LogP contribution < -0.4 is 5.32 Å². The molecule has 8 heteroatoms. The lowest BCUT2D eigenvalue weighted by molar-refractivity contribution is -0.128. The molecule has 2 heterocycles. The molecule has 7 nitrogen and oxygen atoms in total. The number of carbonyl (C=O) groups is 3. The number of thiazole rings is 1. The lowest BCUT2D eigenvalue weighted by Crippen LogP contribution is -2.26. The second kappa shape index (κ2) is 8.09. The fourth-order valence-electron chi connectivity index (χ4n) is 2.76. The number of amides is 2. The molecule has 1 saturated heterocycles. The third kappa shape index (κ3) is 4.45. The highest BCUT2D eigenvalue weighted by Gasteiger charge is 2.20. The molecular weight excluding hydrogens is 354 g/mol. The molecule has 0 aliphatic carbocycles. The van der Waals surface area contributed by atoms with Crippen LogP contribution in [0.25, 0.3) is 0 Å². The number of nitrogens with one attached hydrogen (secondary N) is 1. The van der Waals surface area contributed by atoms with Gasteiger partial charge in [0.15, 0.2) is 5.69 Å². The Morgan fingerprint density at radius 3 is 2.65 bits per heavy atom. The van der Waals surface area contributed by atoms with Gasteiger partial charge < -0.3 is 15.3 Å². The number of carboxylic acid groups (broad SMARTS) is 1. The number of carbonyl (C=O) groups excluding carboxylic acids is 2. The summed E-state index contributed by atoms with van der Waals surface area (Å²) >= 11 is 1.27. The van der Waals surface area contributed by atoms with E-state index in [9.17, 15) is 14.4 Å². The van der Waals surface area contributed by atoms with Crippen molar-refractivity contribution < 1.29 is 19.5 Å². The van der Waals surface area contributed by atoms with Crippen molar-refractivity contribution in [3.8, 4) is 0 Å². The maximum atomic E-state index is 12.2. The quantitative estimate of drug-likeness (QED) is 0.773. The second-order valence-corrected chi connectivity index (χ2v) is 7.00. The topological polar surface area (TPSA) is 99.6 Å². The summed E-state index contributed by atoms with van der Waals surface area (Å²) < 4.78 is 0. The first kappa shape index (κ1) is 18.1. The highest BCUT2D eigenvalue weighted by Crippen LogP contribution is 2.15.